The highest BCUT2D eigenvalue weighted by atomic mass is 16.6. The number of para-hydroxylation sites is 2. The van der Waals surface area contributed by atoms with Crippen LogP contribution in [-0.4, -0.2) is 63.8 Å². The zero-order chi connectivity index (χ0) is 21.0. The van der Waals surface area contributed by atoms with E-state index in [2.05, 4.69) is 5.16 Å². The summed E-state index contributed by atoms with van der Waals surface area (Å²) >= 11 is 0. The Kier molecular flexibility index (Phi) is 8.62. The van der Waals surface area contributed by atoms with E-state index in [1.165, 1.54) is 0 Å². The minimum absolute atomic E-state index is 0.339. The molecule has 8 heteroatoms. The largest absolute Gasteiger partial charge is 0.487 e. The molecule has 1 heterocycles. The van der Waals surface area contributed by atoms with E-state index in [0.29, 0.717) is 81.6 Å². The van der Waals surface area contributed by atoms with Crippen molar-refractivity contribution in [3.8, 4) is 23.0 Å². The molecule has 0 saturated carbocycles. The normalized spacial score (nSPS) is 16.9. The summed E-state index contributed by atoms with van der Waals surface area (Å²) in [7, 11) is 0. The van der Waals surface area contributed by atoms with E-state index in [0.717, 1.165) is 5.56 Å². The molecule has 0 spiro atoms. The minimum atomic E-state index is 0.339. The Morgan fingerprint density at radius 3 is 1.63 bits per heavy atom. The average Bonchev–Trinajstić information content (AvgIpc) is 2.78. The van der Waals surface area contributed by atoms with E-state index in [1.807, 2.05) is 30.3 Å². The molecule has 0 bridgehead atoms. The molecule has 0 radical (unpaired) electrons. The lowest BCUT2D eigenvalue weighted by Crippen LogP contribution is -2.15. The number of benzene rings is 2. The first kappa shape index (κ1) is 21.7. The fraction of sp³-hybridized carbons (Fsp3) is 0.409. The summed E-state index contributed by atoms with van der Waals surface area (Å²) in [5.41, 5.74) is 1.22. The summed E-state index contributed by atoms with van der Waals surface area (Å²) in [5, 5.41) is 12.2. The molecular weight excluding hydrogens is 390 g/mol. The van der Waals surface area contributed by atoms with Crippen LogP contribution in [0.2, 0.25) is 0 Å². The number of hydrogen-bond donors (Lipinski definition) is 1. The van der Waals surface area contributed by atoms with Gasteiger partial charge in [-0.15, -0.1) is 0 Å². The van der Waals surface area contributed by atoms with Crippen molar-refractivity contribution in [2.45, 2.75) is 6.92 Å². The molecule has 2 aromatic carbocycles. The van der Waals surface area contributed by atoms with Crippen LogP contribution in [0.25, 0.3) is 0 Å². The second-order valence-electron chi connectivity index (χ2n) is 6.41. The van der Waals surface area contributed by atoms with E-state index >= 15 is 0 Å². The predicted octanol–water partition coefficient (Wildman–Crippen LogP) is 3.15. The van der Waals surface area contributed by atoms with Crippen LogP contribution >= 0.6 is 0 Å². The van der Waals surface area contributed by atoms with Gasteiger partial charge in [-0.3, -0.25) is 0 Å². The van der Waals surface area contributed by atoms with Crippen LogP contribution in [0.4, 0.5) is 0 Å². The maximum Gasteiger partial charge on any atom is 0.161 e. The Morgan fingerprint density at radius 1 is 0.667 bits per heavy atom. The zero-order valence-corrected chi connectivity index (χ0v) is 17.0. The SMILES string of the molecule is C/C(=N\O)c1ccc2c(c1)OCCOCCOc1ccccc1OCCOCCO2. The Bertz CT molecular complexity index is 825. The van der Waals surface area contributed by atoms with Gasteiger partial charge in [0.1, 0.15) is 26.4 Å². The number of fused-ring (bicyclic) bond motifs is 2. The first-order chi connectivity index (χ1) is 14.8. The van der Waals surface area contributed by atoms with Crippen LogP contribution in [0.1, 0.15) is 12.5 Å². The molecule has 0 fully saturated rings. The van der Waals surface area contributed by atoms with Gasteiger partial charge in [0, 0.05) is 5.56 Å². The molecule has 30 heavy (non-hydrogen) atoms. The van der Waals surface area contributed by atoms with E-state index in [9.17, 15) is 0 Å². The van der Waals surface area contributed by atoms with Crippen molar-refractivity contribution < 1.29 is 33.6 Å². The van der Waals surface area contributed by atoms with Crippen LogP contribution in [0.3, 0.4) is 0 Å². The highest BCUT2D eigenvalue weighted by Crippen LogP contribution is 2.29. The summed E-state index contributed by atoms with van der Waals surface area (Å²) < 4.78 is 34.3. The topological polar surface area (TPSA) is 88.0 Å². The van der Waals surface area contributed by atoms with Crippen LogP contribution in [-0.2, 0) is 9.47 Å². The summed E-state index contributed by atoms with van der Waals surface area (Å²) in [6.45, 7) is 4.85. The van der Waals surface area contributed by atoms with Gasteiger partial charge in [0.2, 0.25) is 0 Å². The Hall–Kier alpha value is -2.97. The Balaban J connectivity index is 1.63. The quantitative estimate of drug-likeness (QED) is 0.433. The van der Waals surface area contributed by atoms with E-state index in [1.54, 1.807) is 19.1 Å². The summed E-state index contributed by atoms with van der Waals surface area (Å²) in [4.78, 5) is 0. The molecule has 0 amide bonds. The molecule has 1 aliphatic rings. The molecule has 0 unspecified atom stereocenters. The number of oxime groups is 1. The zero-order valence-electron chi connectivity index (χ0n) is 17.0. The molecule has 2 aromatic rings. The molecule has 0 aliphatic carbocycles. The van der Waals surface area contributed by atoms with Gasteiger partial charge in [0.25, 0.3) is 0 Å². The van der Waals surface area contributed by atoms with Gasteiger partial charge in [0.05, 0.1) is 32.1 Å². The monoisotopic (exact) mass is 417 g/mol. The van der Waals surface area contributed by atoms with Gasteiger partial charge in [-0.05, 0) is 37.3 Å². The predicted molar refractivity (Wildman–Crippen MR) is 110 cm³/mol. The first-order valence-corrected chi connectivity index (χ1v) is 9.86. The summed E-state index contributed by atoms with van der Waals surface area (Å²) in [5.74, 6) is 2.48. The lowest BCUT2D eigenvalue weighted by atomic mass is 10.1. The minimum Gasteiger partial charge on any atom is -0.487 e. The van der Waals surface area contributed by atoms with Gasteiger partial charge in [-0.2, -0.15) is 0 Å². The van der Waals surface area contributed by atoms with Crippen molar-refractivity contribution >= 4 is 5.71 Å². The molecule has 0 aromatic heterocycles. The van der Waals surface area contributed by atoms with Crippen LogP contribution in [0.5, 0.6) is 23.0 Å². The molecule has 0 saturated heterocycles. The molecule has 1 aliphatic heterocycles. The molecule has 8 nitrogen and oxygen atoms in total. The Morgan fingerprint density at radius 2 is 1.13 bits per heavy atom. The Labute approximate surface area is 175 Å². The third kappa shape index (κ3) is 6.53. The van der Waals surface area contributed by atoms with Crippen molar-refractivity contribution in [2.24, 2.45) is 5.16 Å². The summed E-state index contributed by atoms with van der Waals surface area (Å²) in [6, 6.07) is 12.9. The fourth-order valence-electron chi connectivity index (χ4n) is 2.76. The standard InChI is InChI=1S/C22H27NO7/c1-17(23-24)18-6-7-21-22(16-18)30-15-11-26-9-13-28-20-5-3-2-4-19(20)27-12-8-25-10-14-29-21/h2-7,16,24H,8-15H2,1H3/b23-17+. The van der Waals surface area contributed by atoms with Crippen LogP contribution < -0.4 is 18.9 Å². The maximum atomic E-state index is 9.01. The highest BCUT2D eigenvalue weighted by molar-refractivity contribution is 5.98. The van der Waals surface area contributed by atoms with E-state index < -0.39 is 0 Å². The molecule has 0 atom stereocenters. The van der Waals surface area contributed by atoms with E-state index in [4.69, 9.17) is 33.6 Å². The van der Waals surface area contributed by atoms with E-state index in [-0.39, 0.29) is 0 Å². The molecule has 3 rings (SSSR count). The highest BCUT2D eigenvalue weighted by Gasteiger charge is 2.10. The summed E-state index contributed by atoms with van der Waals surface area (Å²) in [6.07, 6.45) is 0. The molecular formula is C22H27NO7. The fourth-order valence-corrected chi connectivity index (χ4v) is 2.76. The first-order valence-electron chi connectivity index (χ1n) is 9.86. The van der Waals surface area contributed by atoms with Crippen LogP contribution in [0, 0.1) is 0 Å². The third-order valence-electron chi connectivity index (χ3n) is 4.30. The lowest BCUT2D eigenvalue weighted by Gasteiger charge is -2.16. The van der Waals surface area contributed by atoms with Gasteiger partial charge in [0.15, 0.2) is 23.0 Å². The molecule has 162 valence electrons. The average molecular weight is 417 g/mol. The number of nitrogens with zero attached hydrogens (tertiary/aromatic N) is 1. The maximum absolute atomic E-state index is 9.01. The van der Waals surface area contributed by atoms with Crippen molar-refractivity contribution in [1.29, 1.82) is 0 Å². The number of hydrogen-bond acceptors (Lipinski definition) is 8. The van der Waals surface area contributed by atoms with Gasteiger partial charge >= 0.3 is 0 Å². The number of rotatable bonds is 1. The second-order valence-corrected chi connectivity index (χ2v) is 6.41. The van der Waals surface area contributed by atoms with Gasteiger partial charge < -0.3 is 33.6 Å². The smallest absolute Gasteiger partial charge is 0.161 e. The number of ether oxygens (including phenoxy) is 6. The third-order valence-corrected chi connectivity index (χ3v) is 4.30. The van der Waals surface area contributed by atoms with Crippen molar-refractivity contribution in [2.75, 3.05) is 52.9 Å². The van der Waals surface area contributed by atoms with Crippen molar-refractivity contribution in [3.05, 3.63) is 48.0 Å². The molecule has 1 N–H and O–H groups in total. The van der Waals surface area contributed by atoms with Gasteiger partial charge in [-0.25, -0.2) is 0 Å². The van der Waals surface area contributed by atoms with Crippen molar-refractivity contribution in [3.63, 3.8) is 0 Å². The lowest BCUT2D eigenvalue weighted by molar-refractivity contribution is 0.0640. The van der Waals surface area contributed by atoms with Gasteiger partial charge in [-0.1, -0.05) is 17.3 Å². The van der Waals surface area contributed by atoms with Crippen molar-refractivity contribution in [1.82, 2.24) is 0 Å². The van der Waals surface area contributed by atoms with Crippen LogP contribution in [0.15, 0.2) is 47.6 Å². The second kappa shape index (κ2) is 11.9.